The fourth-order valence-corrected chi connectivity index (χ4v) is 2.33. The number of pyridine rings is 1. The average molecular weight is 281 g/mol. The Morgan fingerprint density at radius 1 is 1.43 bits per heavy atom. The number of rotatable bonds is 3. The second-order valence-corrected chi connectivity index (χ2v) is 5.34. The first kappa shape index (κ1) is 13.4. The van der Waals surface area contributed by atoms with Crippen LogP contribution in [-0.4, -0.2) is 23.5 Å². The predicted octanol–water partition coefficient (Wildman–Crippen LogP) is 2.34. The van der Waals surface area contributed by atoms with Crippen molar-refractivity contribution in [3.63, 3.8) is 0 Å². The number of methoxy groups -OCH3 is 1. The minimum absolute atomic E-state index is 0.238. The van der Waals surface area contributed by atoms with Crippen LogP contribution in [0.25, 0.3) is 10.9 Å². The number of aromatic nitrogens is 1. The SMILES string of the molecule is COc1ccc2nc(C)cc(C(=O)NC3(C#N)CC3)c2c1. The van der Waals surface area contributed by atoms with Gasteiger partial charge >= 0.3 is 0 Å². The molecule has 3 rings (SSSR count). The lowest BCUT2D eigenvalue weighted by atomic mass is 10.1. The number of ether oxygens (including phenoxy) is 1. The van der Waals surface area contributed by atoms with Crippen molar-refractivity contribution in [3.05, 3.63) is 35.5 Å². The van der Waals surface area contributed by atoms with E-state index in [4.69, 9.17) is 10.00 Å². The van der Waals surface area contributed by atoms with Crippen molar-refractivity contribution in [2.75, 3.05) is 7.11 Å². The van der Waals surface area contributed by atoms with Crippen LogP contribution >= 0.6 is 0 Å². The van der Waals surface area contributed by atoms with E-state index in [0.717, 1.165) is 16.6 Å². The Labute approximate surface area is 122 Å². The lowest BCUT2D eigenvalue weighted by Crippen LogP contribution is -2.35. The van der Waals surface area contributed by atoms with E-state index in [9.17, 15) is 4.79 Å². The number of aryl methyl sites for hydroxylation is 1. The number of fused-ring (bicyclic) bond motifs is 1. The molecule has 0 bridgehead atoms. The fraction of sp³-hybridized carbons (Fsp3) is 0.312. The summed E-state index contributed by atoms with van der Waals surface area (Å²) < 4.78 is 5.21. The van der Waals surface area contributed by atoms with Crippen LogP contribution < -0.4 is 10.1 Å². The lowest BCUT2D eigenvalue weighted by Gasteiger charge is -2.12. The summed E-state index contributed by atoms with van der Waals surface area (Å²) >= 11 is 0. The molecular weight excluding hydrogens is 266 g/mol. The molecule has 1 fully saturated rings. The molecule has 106 valence electrons. The van der Waals surface area contributed by atoms with Crippen molar-refractivity contribution in [2.45, 2.75) is 25.3 Å². The minimum atomic E-state index is -0.681. The highest BCUT2D eigenvalue weighted by Crippen LogP contribution is 2.35. The summed E-state index contributed by atoms with van der Waals surface area (Å²) in [6.45, 7) is 1.84. The van der Waals surface area contributed by atoms with E-state index < -0.39 is 5.54 Å². The number of nitrogens with zero attached hydrogens (tertiary/aromatic N) is 2. The van der Waals surface area contributed by atoms with Gasteiger partial charge in [-0.25, -0.2) is 0 Å². The summed E-state index contributed by atoms with van der Waals surface area (Å²) in [5.41, 5.74) is 1.35. The molecule has 1 N–H and O–H groups in total. The monoisotopic (exact) mass is 281 g/mol. The molecule has 1 amide bonds. The van der Waals surface area contributed by atoms with E-state index in [1.165, 1.54) is 0 Å². The molecule has 5 heteroatoms. The topological polar surface area (TPSA) is 75.0 Å². The fourth-order valence-electron chi connectivity index (χ4n) is 2.33. The maximum absolute atomic E-state index is 12.5. The first-order valence-corrected chi connectivity index (χ1v) is 6.76. The third kappa shape index (κ3) is 2.40. The van der Waals surface area contributed by atoms with Gasteiger partial charge in [-0.15, -0.1) is 0 Å². The largest absolute Gasteiger partial charge is 0.497 e. The van der Waals surface area contributed by atoms with Gasteiger partial charge in [0.1, 0.15) is 11.3 Å². The zero-order valence-electron chi connectivity index (χ0n) is 11.9. The van der Waals surface area contributed by atoms with Crippen LogP contribution in [0, 0.1) is 18.3 Å². The molecule has 1 aliphatic rings. The van der Waals surface area contributed by atoms with E-state index in [0.29, 0.717) is 24.2 Å². The van der Waals surface area contributed by atoms with E-state index in [1.54, 1.807) is 19.2 Å². The standard InChI is InChI=1S/C16H15N3O2/c1-10-7-13(15(20)19-16(9-17)5-6-16)12-8-11(21-2)3-4-14(12)18-10/h3-4,7-8H,5-6H2,1-2H3,(H,19,20). The molecule has 0 saturated heterocycles. The first-order chi connectivity index (χ1) is 10.1. The highest BCUT2D eigenvalue weighted by molar-refractivity contribution is 6.07. The second-order valence-electron chi connectivity index (χ2n) is 5.34. The Hall–Kier alpha value is -2.61. The summed E-state index contributed by atoms with van der Waals surface area (Å²) in [6, 6.07) is 9.34. The molecule has 0 aliphatic heterocycles. The quantitative estimate of drug-likeness (QED) is 0.937. The van der Waals surface area contributed by atoms with Gasteiger partial charge in [-0.05, 0) is 44.0 Å². The molecule has 1 aliphatic carbocycles. The van der Waals surface area contributed by atoms with Crippen LogP contribution in [0.5, 0.6) is 5.75 Å². The molecule has 0 atom stereocenters. The molecule has 21 heavy (non-hydrogen) atoms. The Balaban J connectivity index is 2.08. The van der Waals surface area contributed by atoms with Crippen LogP contribution in [0.2, 0.25) is 0 Å². The van der Waals surface area contributed by atoms with Crippen molar-refractivity contribution in [1.82, 2.24) is 10.3 Å². The Morgan fingerprint density at radius 3 is 2.81 bits per heavy atom. The summed E-state index contributed by atoms with van der Waals surface area (Å²) in [7, 11) is 1.58. The number of amides is 1. The van der Waals surface area contributed by atoms with Crippen molar-refractivity contribution in [3.8, 4) is 11.8 Å². The van der Waals surface area contributed by atoms with Gasteiger partial charge in [0.25, 0.3) is 5.91 Å². The molecule has 1 aromatic heterocycles. The van der Waals surface area contributed by atoms with Crippen molar-refractivity contribution < 1.29 is 9.53 Å². The molecule has 1 aromatic carbocycles. The average Bonchev–Trinajstić information content (AvgIpc) is 3.26. The molecule has 0 unspecified atom stereocenters. The van der Waals surface area contributed by atoms with Gasteiger partial charge in [-0.2, -0.15) is 5.26 Å². The van der Waals surface area contributed by atoms with Crippen LogP contribution in [0.4, 0.5) is 0 Å². The van der Waals surface area contributed by atoms with Gasteiger partial charge in [0.05, 0.1) is 24.3 Å². The number of hydrogen-bond acceptors (Lipinski definition) is 4. The van der Waals surface area contributed by atoms with Crippen molar-refractivity contribution in [2.24, 2.45) is 0 Å². The number of carbonyl (C=O) groups is 1. The van der Waals surface area contributed by atoms with Gasteiger partial charge in [0.15, 0.2) is 0 Å². The zero-order chi connectivity index (χ0) is 15.0. The second kappa shape index (κ2) is 4.74. The van der Waals surface area contributed by atoms with E-state index >= 15 is 0 Å². The number of hydrogen-bond donors (Lipinski definition) is 1. The van der Waals surface area contributed by atoms with Gasteiger partial charge < -0.3 is 10.1 Å². The highest BCUT2D eigenvalue weighted by Gasteiger charge is 2.44. The van der Waals surface area contributed by atoms with Crippen molar-refractivity contribution >= 4 is 16.8 Å². The number of carbonyl (C=O) groups excluding carboxylic acids is 1. The molecular formula is C16H15N3O2. The van der Waals surface area contributed by atoms with Gasteiger partial charge in [0.2, 0.25) is 0 Å². The van der Waals surface area contributed by atoms with Crippen LogP contribution in [0.3, 0.4) is 0 Å². The van der Waals surface area contributed by atoms with E-state index in [2.05, 4.69) is 16.4 Å². The highest BCUT2D eigenvalue weighted by atomic mass is 16.5. The maximum Gasteiger partial charge on any atom is 0.253 e. The zero-order valence-corrected chi connectivity index (χ0v) is 11.9. The Kier molecular flexibility index (Phi) is 3.02. The molecule has 1 saturated carbocycles. The van der Waals surface area contributed by atoms with Crippen molar-refractivity contribution in [1.29, 1.82) is 5.26 Å². The molecule has 2 aromatic rings. The smallest absolute Gasteiger partial charge is 0.253 e. The molecule has 1 heterocycles. The van der Waals surface area contributed by atoms with Crippen LogP contribution in [0.1, 0.15) is 28.9 Å². The summed E-state index contributed by atoms with van der Waals surface area (Å²) in [6.07, 6.45) is 1.42. The van der Waals surface area contributed by atoms with Gasteiger partial charge in [0, 0.05) is 11.1 Å². The number of nitriles is 1. The summed E-state index contributed by atoms with van der Waals surface area (Å²) in [5, 5.41) is 12.7. The molecule has 0 radical (unpaired) electrons. The van der Waals surface area contributed by atoms with E-state index in [1.807, 2.05) is 19.1 Å². The van der Waals surface area contributed by atoms with Crippen LogP contribution in [0.15, 0.2) is 24.3 Å². The third-order valence-corrected chi connectivity index (χ3v) is 3.71. The maximum atomic E-state index is 12.5. The first-order valence-electron chi connectivity index (χ1n) is 6.76. The van der Waals surface area contributed by atoms with E-state index in [-0.39, 0.29) is 5.91 Å². The summed E-state index contributed by atoms with van der Waals surface area (Å²) in [4.78, 5) is 16.9. The Bertz CT molecular complexity index is 773. The Morgan fingerprint density at radius 2 is 2.19 bits per heavy atom. The van der Waals surface area contributed by atoms with Gasteiger partial charge in [-0.1, -0.05) is 0 Å². The van der Waals surface area contributed by atoms with Gasteiger partial charge in [-0.3, -0.25) is 9.78 Å². The lowest BCUT2D eigenvalue weighted by molar-refractivity contribution is 0.0943. The predicted molar refractivity (Wildman–Crippen MR) is 78.1 cm³/mol. The minimum Gasteiger partial charge on any atom is -0.497 e. The normalized spacial score (nSPS) is 15.3. The molecule has 5 nitrogen and oxygen atoms in total. The third-order valence-electron chi connectivity index (χ3n) is 3.71. The number of benzene rings is 1. The van der Waals surface area contributed by atoms with Crippen LogP contribution in [-0.2, 0) is 0 Å². The summed E-state index contributed by atoms with van der Waals surface area (Å²) in [5.74, 6) is 0.432. The molecule has 0 spiro atoms. The number of nitrogens with one attached hydrogen (secondary N) is 1.